The van der Waals surface area contributed by atoms with E-state index in [-0.39, 0.29) is 0 Å². The minimum atomic E-state index is 0.633. The fourth-order valence-corrected chi connectivity index (χ4v) is 11.2. The summed E-state index contributed by atoms with van der Waals surface area (Å²) in [7, 11) is 0. The summed E-state index contributed by atoms with van der Waals surface area (Å²) < 4.78 is 5.59. The maximum absolute atomic E-state index is 5.51. The molecular weight excluding hydrogens is 837 g/mol. The lowest BCUT2D eigenvalue weighted by molar-refractivity contribution is 1.01. The van der Waals surface area contributed by atoms with Crippen LogP contribution >= 0.6 is 11.3 Å². The van der Waals surface area contributed by atoms with Gasteiger partial charge < -0.3 is 0 Å². The average Bonchev–Trinajstić information content (AvgIpc) is 4.08. The summed E-state index contributed by atoms with van der Waals surface area (Å²) >= 11 is 1.74. The normalized spacial score (nSPS) is 11.9. The Balaban J connectivity index is 1.03. The molecule has 14 aromatic rings. The van der Waals surface area contributed by atoms with Gasteiger partial charge in [-0.1, -0.05) is 176 Å². The zero-order valence-electron chi connectivity index (χ0n) is 35.9. The molecule has 0 aliphatic rings. The van der Waals surface area contributed by atoms with E-state index >= 15 is 0 Å². The molecule has 5 aromatic heterocycles. The van der Waals surface area contributed by atoms with E-state index < -0.39 is 0 Å². The first-order valence-electron chi connectivity index (χ1n) is 22.5. The van der Waals surface area contributed by atoms with Gasteiger partial charge in [-0.15, -0.1) is 11.3 Å². The van der Waals surface area contributed by atoms with Gasteiger partial charge >= 0.3 is 0 Å². The summed E-state index contributed by atoms with van der Waals surface area (Å²) in [5.41, 5.74) is 13.3. The molecule has 0 bridgehead atoms. The van der Waals surface area contributed by atoms with E-state index in [1.54, 1.807) is 11.3 Å². The van der Waals surface area contributed by atoms with Crippen LogP contribution in [0.4, 0.5) is 0 Å². The summed E-state index contributed by atoms with van der Waals surface area (Å²) in [4.78, 5) is 22.8. The molecule has 9 aromatic carbocycles. The standard InChI is InChI=1S/C60H36N6S/c1-4-17-37(18-5-1)54-36-50-58(67-54)56(39-21-8-3-9-22-39)64-60(62-50)66-51-30-15-13-25-44(51)45-28-16-27-43(57(45)66)42-31-32-52-47(34-42)48-33-40-23-10-11-24-41(40)35-53(48)65(52)59-61-49-29-14-12-26-46(49)55(63-59)38-19-6-2-7-20-38/h1-36H. The van der Waals surface area contributed by atoms with Crippen molar-refractivity contribution in [3.63, 3.8) is 0 Å². The second-order valence-electron chi connectivity index (χ2n) is 17.0. The van der Waals surface area contributed by atoms with Gasteiger partial charge in [0.05, 0.1) is 49.2 Å². The smallest absolute Gasteiger partial charge is 0.235 e. The second-order valence-corrected chi connectivity index (χ2v) is 18.1. The van der Waals surface area contributed by atoms with E-state index in [2.05, 4.69) is 215 Å². The summed E-state index contributed by atoms with van der Waals surface area (Å²) in [6, 6.07) is 77.3. The van der Waals surface area contributed by atoms with Crippen LogP contribution in [-0.2, 0) is 0 Å². The van der Waals surface area contributed by atoms with Crippen LogP contribution in [0.15, 0.2) is 218 Å². The van der Waals surface area contributed by atoms with Crippen LogP contribution in [0.2, 0.25) is 0 Å². The van der Waals surface area contributed by atoms with Crippen molar-refractivity contribution in [3.05, 3.63) is 218 Å². The lowest BCUT2D eigenvalue weighted by atomic mass is 9.99. The number of hydrogen-bond acceptors (Lipinski definition) is 5. The highest BCUT2D eigenvalue weighted by Gasteiger charge is 2.23. The van der Waals surface area contributed by atoms with Crippen molar-refractivity contribution in [1.29, 1.82) is 0 Å². The Morgan fingerprint density at radius 2 is 0.910 bits per heavy atom. The largest absolute Gasteiger partial charge is 0.278 e. The van der Waals surface area contributed by atoms with Gasteiger partial charge in [0.15, 0.2) is 0 Å². The molecule has 14 rings (SSSR count). The molecule has 0 atom stereocenters. The molecule has 0 saturated heterocycles. The van der Waals surface area contributed by atoms with Crippen molar-refractivity contribution in [2.24, 2.45) is 0 Å². The Labute approximate surface area is 388 Å². The maximum Gasteiger partial charge on any atom is 0.235 e. The molecule has 0 N–H and O–H groups in total. The summed E-state index contributed by atoms with van der Waals surface area (Å²) in [5.74, 6) is 1.27. The van der Waals surface area contributed by atoms with Gasteiger partial charge in [0.25, 0.3) is 0 Å². The molecule has 312 valence electrons. The molecule has 0 saturated carbocycles. The molecule has 0 unspecified atom stereocenters. The van der Waals surface area contributed by atoms with Crippen molar-refractivity contribution in [3.8, 4) is 56.0 Å². The third kappa shape index (κ3) is 5.95. The zero-order valence-corrected chi connectivity index (χ0v) is 36.7. The molecule has 0 aliphatic carbocycles. The molecule has 67 heavy (non-hydrogen) atoms. The Morgan fingerprint density at radius 1 is 0.328 bits per heavy atom. The van der Waals surface area contributed by atoms with Crippen molar-refractivity contribution < 1.29 is 0 Å². The highest BCUT2D eigenvalue weighted by Crippen LogP contribution is 2.43. The lowest BCUT2D eigenvalue weighted by Gasteiger charge is -2.13. The highest BCUT2D eigenvalue weighted by molar-refractivity contribution is 7.22. The van der Waals surface area contributed by atoms with Gasteiger partial charge in [0, 0.05) is 48.5 Å². The Morgan fingerprint density at radius 3 is 1.70 bits per heavy atom. The van der Waals surface area contributed by atoms with Gasteiger partial charge in [-0.05, 0) is 64.4 Å². The number of rotatable bonds is 6. The predicted octanol–water partition coefficient (Wildman–Crippen LogP) is 15.6. The molecule has 0 fully saturated rings. The lowest BCUT2D eigenvalue weighted by Crippen LogP contribution is -2.04. The van der Waals surface area contributed by atoms with Gasteiger partial charge in [-0.2, -0.15) is 0 Å². The van der Waals surface area contributed by atoms with Crippen LogP contribution in [0.1, 0.15) is 0 Å². The van der Waals surface area contributed by atoms with Crippen molar-refractivity contribution in [2.75, 3.05) is 0 Å². The SMILES string of the molecule is c1ccc(-c2cc3nc(-n4c5ccccc5c5cccc(-c6ccc7c(c6)c6cc8ccccc8cc6n7-c6nc(-c7ccccc7)c7ccccc7n6)c54)nc(-c4ccccc4)c3s2)cc1. The highest BCUT2D eigenvalue weighted by atomic mass is 32.1. The van der Waals surface area contributed by atoms with Crippen LogP contribution in [0, 0.1) is 0 Å². The topological polar surface area (TPSA) is 61.4 Å². The summed E-state index contributed by atoms with van der Waals surface area (Å²) in [6.07, 6.45) is 0. The fourth-order valence-electron chi connectivity index (χ4n) is 10.1. The molecular formula is C60H36N6S. The van der Waals surface area contributed by atoms with Gasteiger partial charge in [0.1, 0.15) is 0 Å². The maximum atomic E-state index is 5.51. The third-order valence-electron chi connectivity index (χ3n) is 13.1. The first-order valence-corrected chi connectivity index (χ1v) is 23.3. The molecule has 6 nitrogen and oxygen atoms in total. The van der Waals surface area contributed by atoms with Crippen LogP contribution in [0.3, 0.4) is 0 Å². The van der Waals surface area contributed by atoms with E-state index in [0.29, 0.717) is 11.9 Å². The number of fused-ring (bicyclic) bond motifs is 9. The van der Waals surface area contributed by atoms with Gasteiger partial charge in [0.2, 0.25) is 11.9 Å². The average molecular weight is 873 g/mol. The zero-order chi connectivity index (χ0) is 44.0. The van der Waals surface area contributed by atoms with E-state index in [0.717, 1.165) is 109 Å². The van der Waals surface area contributed by atoms with Crippen LogP contribution < -0.4 is 0 Å². The van der Waals surface area contributed by atoms with Gasteiger partial charge in [-0.3, -0.25) is 9.13 Å². The minimum absolute atomic E-state index is 0.633. The fraction of sp³-hybridized carbons (Fsp3) is 0. The number of nitrogens with zero attached hydrogens (tertiary/aromatic N) is 6. The van der Waals surface area contributed by atoms with Crippen LogP contribution in [-0.4, -0.2) is 29.1 Å². The van der Waals surface area contributed by atoms with Crippen molar-refractivity contribution in [2.45, 2.75) is 0 Å². The summed E-state index contributed by atoms with van der Waals surface area (Å²) in [5, 5.41) is 7.89. The first-order chi connectivity index (χ1) is 33.2. The molecule has 0 spiro atoms. The van der Waals surface area contributed by atoms with Crippen LogP contribution in [0.25, 0.3) is 131 Å². The Bertz CT molecular complexity index is 4270. The monoisotopic (exact) mass is 872 g/mol. The Kier molecular flexibility index (Phi) is 8.35. The van der Waals surface area contributed by atoms with Gasteiger partial charge in [-0.25, -0.2) is 19.9 Å². The summed E-state index contributed by atoms with van der Waals surface area (Å²) in [6.45, 7) is 0. The van der Waals surface area contributed by atoms with E-state index in [4.69, 9.17) is 19.9 Å². The predicted molar refractivity (Wildman–Crippen MR) is 278 cm³/mol. The minimum Gasteiger partial charge on any atom is -0.278 e. The first kappa shape index (κ1) is 37.6. The van der Waals surface area contributed by atoms with Crippen molar-refractivity contribution in [1.82, 2.24) is 29.1 Å². The van der Waals surface area contributed by atoms with E-state index in [1.165, 1.54) is 10.9 Å². The molecule has 5 heterocycles. The third-order valence-corrected chi connectivity index (χ3v) is 14.3. The molecule has 0 aliphatic heterocycles. The van der Waals surface area contributed by atoms with E-state index in [1.807, 2.05) is 12.1 Å². The van der Waals surface area contributed by atoms with Crippen LogP contribution in [0.5, 0.6) is 0 Å². The quantitative estimate of drug-likeness (QED) is 0.167. The molecule has 0 amide bonds. The Hall–Kier alpha value is -8.78. The number of thiophene rings is 1. The number of benzene rings is 9. The number of hydrogen-bond donors (Lipinski definition) is 0. The molecule has 0 radical (unpaired) electrons. The molecule has 7 heteroatoms. The van der Waals surface area contributed by atoms with Crippen molar-refractivity contribution >= 4 is 86.8 Å². The van der Waals surface area contributed by atoms with E-state index in [9.17, 15) is 0 Å². The number of para-hydroxylation sites is 3. The second kappa shape index (κ2) is 14.9. The number of aromatic nitrogens is 6.